The molecule has 1 heterocycles. The molecule has 2 aromatic rings. The van der Waals surface area contributed by atoms with Gasteiger partial charge in [-0.15, -0.1) is 11.3 Å². The quantitative estimate of drug-likeness (QED) is 0.863. The summed E-state index contributed by atoms with van der Waals surface area (Å²) in [6, 6.07) is 6.38. The zero-order valence-electron chi connectivity index (χ0n) is 7.98. The Morgan fingerprint density at radius 2 is 2.00 bits per heavy atom. The smallest absolute Gasteiger partial charge is 0.345 e. The summed E-state index contributed by atoms with van der Waals surface area (Å²) in [6.45, 7) is 0. The molecule has 5 heteroatoms. The Morgan fingerprint density at radius 1 is 1.25 bits per heavy atom. The van der Waals surface area contributed by atoms with E-state index in [2.05, 4.69) is 0 Å². The van der Waals surface area contributed by atoms with Crippen molar-refractivity contribution in [3.63, 3.8) is 0 Å². The fraction of sp³-hybridized carbons (Fsp3) is 0. The van der Waals surface area contributed by atoms with Gasteiger partial charge in [0.05, 0.1) is 5.02 Å². The van der Waals surface area contributed by atoms with Gasteiger partial charge in [0, 0.05) is 0 Å². The van der Waals surface area contributed by atoms with Gasteiger partial charge in [0.2, 0.25) is 0 Å². The molecule has 0 aliphatic rings. The van der Waals surface area contributed by atoms with E-state index in [0.717, 1.165) is 22.5 Å². The van der Waals surface area contributed by atoms with Gasteiger partial charge < -0.3 is 10.2 Å². The third-order valence-corrected chi connectivity index (χ3v) is 3.33. The van der Waals surface area contributed by atoms with E-state index in [1.807, 2.05) is 0 Å². The molecule has 0 amide bonds. The van der Waals surface area contributed by atoms with Crippen molar-refractivity contribution in [2.45, 2.75) is 0 Å². The van der Waals surface area contributed by atoms with Gasteiger partial charge in [0.15, 0.2) is 0 Å². The number of phenolic OH excluding ortho intramolecular Hbond substituents is 1. The maximum Gasteiger partial charge on any atom is 0.345 e. The zero-order chi connectivity index (χ0) is 11.7. The number of hydrogen-bond donors (Lipinski definition) is 2. The number of carboxylic acid groups (broad SMARTS) is 1. The zero-order valence-corrected chi connectivity index (χ0v) is 9.55. The van der Waals surface area contributed by atoms with Crippen LogP contribution in [0.4, 0.5) is 0 Å². The predicted octanol–water partition coefficient (Wildman–Crippen LogP) is 3.47. The monoisotopic (exact) mass is 254 g/mol. The number of carboxylic acids is 1. The van der Waals surface area contributed by atoms with Gasteiger partial charge in [-0.3, -0.25) is 0 Å². The molecule has 2 N–H and O–H groups in total. The van der Waals surface area contributed by atoms with Crippen LogP contribution in [0.5, 0.6) is 5.75 Å². The van der Waals surface area contributed by atoms with E-state index in [4.69, 9.17) is 16.7 Å². The maximum atomic E-state index is 10.7. The molecule has 1 aromatic heterocycles. The van der Waals surface area contributed by atoms with Crippen LogP contribution in [-0.2, 0) is 0 Å². The lowest BCUT2D eigenvalue weighted by Gasteiger charge is -2.00. The number of halogens is 1. The second kappa shape index (κ2) is 4.15. The standard InChI is InChI=1S/C11H7ClO3S/c12-8-2-1-6(3-9(8)13)7-4-10(11(14)15)16-5-7/h1-5,13H,(H,14,15). The van der Waals surface area contributed by atoms with E-state index in [1.54, 1.807) is 23.6 Å². The SMILES string of the molecule is O=C(O)c1cc(-c2ccc(Cl)c(O)c2)cs1. The fourth-order valence-corrected chi connectivity index (χ4v) is 2.16. The highest BCUT2D eigenvalue weighted by atomic mass is 35.5. The third-order valence-electron chi connectivity index (χ3n) is 2.09. The first-order valence-electron chi connectivity index (χ1n) is 4.38. The van der Waals surface area contributed by atoms with E-state index in [9.17, 15) is 9.90 Å². The largest absolute Gasteiger partial charge is 0.506 e. The highest BCUT2D eigenvalue weighted by molar-refractivity contribution is 7.12. The van der Waals surface area contributed by atoms with Gasteiger partial charge in [-0.05, 0) is 34.7 Å². The number of benzene rings is 1. The van der Waals surface area contributed by atoms with E-state index in [-0.39, 0.29) is 15.6 Å². The minimum absolute atomic E-state index is 0.0118. The molecule has 0 fully saturated rings. The van der Waals surface area contributed by atoms with Gasteiger partial charge in [-0.2, -0.15) is 0 Å². The van der Waals surface area contributed by atoms with Crippen LogP contribution in [0.25, 0.3) is 11.1 Å². The molecule has 82 valence electrons. The molecule has 16 heavy (non-hydrogen) atoms. The Labute approximate surface area is 101 Å². The normalized spacial score (nSPS) is 10.3. The minimum Gasteiger partial charge on any atom is -0.506 e. The Hall–Kier alpha value is -1.52. The Kier molecular flexibility index (Phi) is 2.85. The first kappa shape index (κ1) is 11.0. The molecule has 0 unspecified atom stereocenters. The topological polar surface area (TPSA) is 57.5 Å². The summed E-state index contributed by atoms with van der Waals surface area (Å²) in [4.78, 5) is 11.0. The van der Waals surface area contributed by atoms with Gasteiger partial charge in [0.25, 0.3) is 0 Å². The molecule has 0 radical (unpaired) electrons. The van der Waals surface area contributed by atoms with E-state index in [0.29, 0.717) is 0 Å². The van der Waals surface area contributed by atoms with Crippen molar-refractivity contribution in [1.82, 2.24) is 0 Å². The van der Waals surface area contributed by atoms with Gasteiger partial charge in [-0.1, -0.05) is 17.7 Å². The lowest BCUT2D eigenvalue weighted by atomic mass is 10.1. The van der Waals surface area contributed by atoms with Crippen LogP contribution in [-0.4, -0.2) is 16.2 Å². The molecule has 0 atom stereocenters. The van der Waals surface area contributed by atoms with Crippen molar-refractivity contribution in [2.24, 2.45) is 0 Å². The van der Waals surface area contributed by atoms with Gasteiger partial charge >= 0.3 is 5.97 Å². The Bertz CT molecular complexity index is 548. The molecule has 0 aliphatic heterocycles. The van der Waals surface area contributed by atoms with Crippen molar-refractivity contribution in [3.05, 3.63) is 39.5 Å². The van der Waals surface area contributed by atoms with E-state index in [1.165, 1.54) is 6.07 Å². The highest BCUT2D eigenvalue weighted by Gasteiger charge is 2.09. The number of rotatable bonds is 2. The van der Waals surface area contributed by atoms with Crippen LogP contribution in [0.15, 0.2) is 29.6 Å². The molecule has 0 bridgehead atoms. The van der Waals surface area contributed by atoms with Gasteiger partial charge in [-0.25, -0.2) is 4.79 Å². The highest BCUT2D eigenvalue weighted by Crippen LogP contribution is 2.31. The van der Waals surface area contributed by atoms with Crippen LogP contribution in [0.3, 0.4) is 0 Å². The third kappa shape index (κ3) is 2.03. The first-order chi connectivity index (χ1) is 7.58. The first-order valence-corrected chi connectivity index (χ1v) is 5.64. The molecule has 0 spiro atoms. The summed E-state index contributed by atoms with van der Waals surface area (Å²) in [5.74, 6) is -0.961. The molecule has 1 aromatic carbocycles. The Morgan fingerprint density at radius 3 is 2.56 bits per heavy atom. The predicted molar refractivity (Wildman–Crippen MR) is 63.4 cm³/mol. The van der Waals surface area contributed by atoms with Crippen LogP contribution in [0.1, 0.15) is 9.67 Å². The van der Waals surface area contributed by atoms with Gasteiger partial charge in [0.1, 0.15) is 10.6 Å². The average molecular weight is 255 g/mol. The molecular weight excluding hydrogens is 248 g/mol. The number of thiophene rings is 1. The second-order valence-corrected chi connectivity index (χ2v) is 4.49. The lowest BCUT2D eigenvalue weighted by molar-refractivity contribution is 0.0702. The molecule has 0 saturated carbocycles. The lowest BCUT2D eigenvalue weighted by Crippen LogP contribution is -1.89. The van der Waals surface area contributed by atoms with Crippen LogP contribution >= 0.6 is 22.9 Å². The van der Waals surface area contributed by atoms with E-state index < -0.39 is 5.97 Å². The fourth-order valence-electron chi connectivity index (χ4n) is 1.29. The van der Waals surface area contributed by atoms with Crippen molar-refractivity contribution < 1.29 is 15.0 Å². The van der Waals surface area contributed by atoms with E-state index >= 15 is 0 Å². The summed E-state index contributed by atoms with van der Waals surface area (Å²) in [6.07, 6.45) is 0. The van der Waals surface area contributed by atoms with Crippen molar-refractivity contribution in [1.29, 1.82) is 0 Å². The number of hydrogen-bond acceptors (Lipinski definition) is 3. The summed E-state index contributed by atoms with van der Waals surface area (Å²) in [5, 5.41) is 20.2. The molecule has 0 saturated heterocycles. The Balaban J connectivity index is 2.42. The molecule has 0 aliphatic carbocycles. The number of phenols is 1. The van der Waals surface area contributed by atoms with Crippen LogP contribution in [0.2, 0.25) is 5.02 Å². The van der Waals surface area contributed by atoms with Crippen molar-refractivity contribution in [3.8, 4) is 16.9 Å². The number of carbonyl (C=O) groups is 1. The molecule has 2 rings (SSSR count). The maximum absolute atomic E-state index is 10.7. The van der Waals surface area contributed by atoms with Crippen molar-refractivity contribution in [2.75, 3.05) is 0 Å². The minimum atomic E-state index is -0.950. The average Bonchev–Trinajstić information content (AvgIpc) is 2.71. The number of aromatic carboxylic acids is 1. The van der Waals surface area contributed by atoms with Crippen LogP contribution in [0, 0.1) is 0 Å². The molecule has 3 nitrogen and oxygen atoms in total. The molecular formula is C11H7ClO3S. The van der Waals surface area contributed by atoms with Crippen LogP contribution < -0.4 is 0 Å². The number of aromatic hydroxyl groups is 1. The summed E-state index contributed by atoms with van der Waals surface area (Å²) >= 11 is 6.83. The summed E-state index contributed by atoms with van der Waals surface area (Å²) in [5.41, 5.74) is 1.50. The summed E-state index contributed by atoms with van der Waals surface area (Å²) in [7, 11) is 0. The summed E-state index contributed by atoms with van der Waals surface area (Å²) < 4.78 is 0. The second-order valence-electron chi connectivity index (χ2n) is 3.17. The van der Waals surface area contributed by atoms with Crippen molar-refractivity contribution >= 4 is 28.9 Å².